The average Bonchev–Trinajstić information content (AvgIpc) is 2.29. The van der Waals surface area contributed by atoms with Gasteiger partial charge in [-0.15, -0.1) is 0 Å². The van der Waals surface area contributed by atoms with Gasteiger partial charge in [0.05, 0.1) is 0 Å². The molecule has 0 aromatic heterocycles. The summed E-state index contributed by atoms with van der Waals surface area (Å²) in [6, 6.07) is 11.9. The van der Waals surface area contributed by atoms with E-state index in [2.05, 4.69) is 54.4 Å². The summed E-state index contributed by atoms with van der Waals surface area (Å²) in [4.78, 5) is 2.55. The summed E-state index contributed by atoms with van der Waals surface area (Å²) in [5.74, 6) is 0. The molecule has 1 aromatic rings. The van der Waals surface area contributed by atoms with Crippen LogP contribution in [0, 0.1) is 0 Å². The van der Waals surface area contributed by atoms with Crippen molar-refractivity contribution in [2.24, 2.45) is 0 Å². The number of rotatable bonds is 2. The minimum absolute atomic E-state index is 0.538. The highest BCUT2D eigenvalue weighted by Gasteiger charge is 2.20. The summed E-state index contributed by atoms with van der Waals surface area (Å²) in [5, 5.41) is 3.48. The van der Waals surface area contributed by atoms with Crippen LogP contribution in [0.5, 0.6) is 0 Å². The minimum Gasteiger partial charge on any atom is -0.312 e. The van der Waals surface area contributed by atoms with E-state index in [-0.39, 0.29) is 0 Å². The van der Waals surface area contributed by atoms with Crippen molar-refractivity contribution in [2.75, 3.05) is 19.6 Å². The number of nitrogens with one attached hydrogen (secondary N) is 1. The predicted octanol–water partition coefficient (Wildman–Crippen LogP) is 2.04. The number of nitrogens with zero attached hydrogens (tertiary/aromatic N) is 1. The maximum absolute atomic E-state index is 3.48. The highest BCUT2D eigenvalue weighted by Crippen LogP contribution is 2.20. The second-order valence-corrected chi connectivity index (χ2v) is 4.44. The van der Waals surface area contributed by atoms with Gasteiger partial charge >= 0.3 is 0 Å². The Morgan fingerprint density at radius 3 is 2.73 bits per heavy atom. The molecule has 2 heteroatoms. The number of piperazine rings is 1. The molecular formula is C13H20N2. The first kappa shape index (κ1) is 10.7. The summed E-state index contributed by atoms with van der Waals surface area (Å²) >= 11 is 0. The highest BCUT2D eigenvalue weighted by atomic mass is 15.2. The summed E-state index contributed by atoms with van der Waals surface area (Å²) < 4.78 is 0. The molecule has 82 valence electrons. The van der Waals surface area contributed by atoms with Crippen molar-refractivity contribution in [2.45, 2.75) is 25.9 Å². The van der Waals surface area contributed by atoms with Gasteiger partial charge < -0.3 is 5.32 Å². The van der Waals surface area contributed by atoms with E-state index in [0.717, 1.165) is 19.6 Å². The van der Waals surface area contributed by atoms with Crippen LogP contribution in [0.3, 0.4) is 0 Å². The van der Waals surface area contributed by atoms with Crippen molar-refractivity contribution in [3.8, 4) is 0 Å². The summed E-state index contributed by atoms with van der Waals surface area (Å²) in [5.41, 5.74) is 1.42. The molecule has 0 aliphatic carbocycles. The number of hydrogen-bond acceptors (Lipinski definition) is 2. The molecule has 1 aromatic carbocycles. The number of hydrogen-bond donors (Lipinski definition) is 1. The topological polar surface area (TPSA) is 15.3 Å². The van der Waals surface area contributed by atoms with Gasteiger partial charge in [-0.3, -0.25) is 4.90 Å². The standard InChI is InChI=1S/C13H20N2/c1-11-10-15(9-8-14-11)12(2)13-6-4-3-5-7-13/h3-7,11-12,14H,8-10H2,1-2H3/t11-,12+/m1/s1. The fourth-order valence-corrected chi connectivity index (χ4v) is 2.26. The van der Waals surface area contributed by atoms with Crippen LogP contribution in [0.1, 0.15) is 25.5 Å². The molecule has 0 spiro atoms. The van der Waals surface area contributed by atoms with Crippen LogP contribution in [0.4, 0.5) is 0 Å². The fraction of sp³-hybridized carbons (Fsp3) is 0.538. The van der Waals surface area contributed by atoms with Crippen molar-refractivity contribution in [1.29, 1.82) is 0 Å². The van der Waals surface area contributed by atoms with Crippen molar-refractivity contribution in [3.05, 3.63) is 35.9 Å². The van der Waals surface area contributed by atoms with Crippen LogP contribution in [-0.2, 0) is 0 Å². The van der Waals surface area contributed by atoms with Crippen molar-refractivity contribution in [1.82, 2.24) is 10.2 Å². The fourth-order valence-electron chi connectivity index (χ4n) is 2.26. The molecule has 15 heavy (non-hydrogen) atoms. The summed E-state index contributed by atoms with van der Waals surface area (Å²) in [6.45, 7) is 7.96. The van der Waals surface area contributed by atoms with Gasteiger partial charge in [-0.05, 0) is 19.4 Å². The molecule has 1 saturated heterocycles. The minimum atomic E-state index is 0.538. The Hall–Kier alpha value is -0.860. The van der Waals surface area contributed by atoms with E-state index in [0.29, 0.717) is 12.1 Å². The lowest BCUT2D eigenvalue weighted by molar-refractivity contribution is 0.159. The molecule has 2 rings (SSSR count). The van der Waals surface area contributed by atoms with Gasteiger partial charge in [-0.25, -0.2) is 0 Å². The molecular weight excluding hydrogens is 184 g/mol. The zero-order valence-corrected chi connectivity index (χ0v) is 9.61. The quantitative estimate of drug-likeness (QED) is 0.793. The monoisotopic (exact) mass is 204 g/mol. The predicted molar refractivity (Wildman–Crippen MR) is 63.9 cm³/mol. The van der Waals surface area contributed by atoms with Crippen LogP contribution in [0.25, 0.3) is 0 Å². The second kappa shape index (κ2) is 4.77. The van der Waals surface area contributed by atoms with Crippen LogP contribution in [0.2, 0.25) is 0 Å². The lowest BCUT2D eigenvalue weighted by Gasteiger charge is -2.36. The van der Waals surface area contributed by atoms with E-state index in [1.807, 2.05) is 0 Å². The molecule has 1 N–H and O–H groups in total. The van der Waals surface area contributed by atoms with Crippen molar-refractivity contribution < 1.29 is 0 Å². The van der Waals surface area contributed by atoms with Gasteiger partial charge in [0.1, 0.15) is 0 Å². The molecule has 0 unspecified atom stereocenters. The molecule has 0 radical (unpaired) electrons. The van der Waals surface area contributed by atoms with E-state index >= 15 is 0 Å². The van der Waals surface area contributed by atoms with Gasteiger partial charge in [-0.2, -0.15) is 0 Å². The Kier molecular flexibility index (Phi) is 3.39. The van der Waals surface area contributed by atoms with Gasteiger partial charge in [0.2, 0.25) is 0 Å². The third-order valence-corrected chi connectivity index (χ3v) is 3.23. The zero-order valence-electron chi connectivity index (χ0n) is 9.61. The van der Waals surface area contributed by atoms with Gasteiger partial charge in [-0.1, -0.05) is 30.3 Å². The maximum Gasteiger partial charge on any atom is 0.0321 e. The molecule has 2 nitrogen and oxygen atoms in total. The molecule has 0 bridgehead atoms. The van der Waals surface area contributed by atoms with E-state index in [1.54, 1.807) is 0 Å². The lowest BCUT2D eigenvalue weighted by Crippen LogP contribution is -2.49. The van der Waals surface area contributed by atoms with Crippen LogP contribution >= 0.6 is 0 Å². The normalized spacial score (nSPS) is 25.1. The van der Waals surface area contributed by atoms with Gasteiger partial charge in [0, 0.05) is 31.7 Å². The summed E-state index contributed by atoms with van der Waals surface area (Å²) in [6.07, 6.45) is 0. The van der Waals surface area contributed by atoms with Crippen molar-refractivity contribution >= 4 is 0 Å². The first-order valence-corrected chi connectivity index (χ1v) is 5.80. The van der Waals surface area contributed by atoms with E-state index in [4.69, 9.17) is 0 Å². The Morgan fingerprint density at radius 1 is 1.33 bits per heavy atom. The van der Waals surface area contributed by atoms with Gasteiger partial charge in [0.15, 0.2) is 0 Å². The van der Waals surface area contributed by atoms with E-state index in [1.165, 1.54) is 5.56 Å². The smallest absolute Gasteiger partial charge is 0.0321 e. The van der Waals surface area contributed by atoms with Crippen LogP contribution in [-0.4, -0.2) is 30.6 Å². The molecule has 1 fully saturated rings. The van der Waals surface area contributed by atoms with E-state index < -0.39 is 0 Å². The summed E-state index contributed by atoms with van der Waals surface area (Å²) in [7, 11) is 0. The largest absolute Gasteiger partial charge is 0.312 e. The second-order valence-electron chi connectivity index (χ2n) is 4.44. The molecule has 0 saturated carbocycles. The molecule has 1 aliphatic rings. The van der Waals surface area contributed by atoms with Crippen LogP contribution in [0.15, 0.2) is 30.3 Å². The highest BCUT2D eigenvalue weighted by molar-refractivity contribution is 5.18. The Morgan fingerprint density at radius 2 is 2.07 bits per heavy atom. The first-order valence-electron chi connectivity index (χ1n) is 5.80. The Balaban J connectivity index is 2.04. The molecule has 2 atom stereocenters. The van der Waals surface area contributed by atoms with Crippen molar-refractivity contribution in [3.63, 3.8) is 0 Å². The SMILES string of the molecule is C[C@@H]1CN([C@@H](C)c2ccccc2)CCN1. The van der Waals surface area contributed by atoms with E-state index in [9.17, 15) is 0 Å². The molecule has 0 amide bonds. The average molecular weight is 204 g/mol. The molecule has 1 aliphatic heterocycles. The third kappa shape index (κ3) is 2.58. The molecule has 1 heterocycles. The third-order valence-electron chi connectivity index (χ3n) is 3.23. The zero-order chi connectivity index (χ0) is 10.7. The number of benzene rings is 1. The lowest BCUT2D eigenvalue weighted by atomic mass is 10.1. The Bertz CT molecular complexity index is 297. The maximum atomic E-state index is 3.48. The Labute approximate surface area is 92.3 Å². The first-order chi connectivity index (χ1) is 7.27. The van der Waals surface area contributed by atoms with Crippen LogP contribution < -0.4 is 5.32 Å². The van der Waals surface area contributed by atoms with Gasteiger partial charge in [0.25, 0.3) is 0 Å².